The summed E-state index contributed by atoms with van der Waals surface area (Å²) in [7, 11) is 0. The van der Waals surface area contributed by atoms with Crippen molar-refractivity contribution in [2.75, 3.05) is 10.6 Å². The number of fused-ring (bicyclic) bond motifs is 1. The summed E-state index contributed by atoms with van der Waals surface area (Å²) in [6, 6.07) is 15.2. The molecular formula is C18H22N2. The van der Waals surface area contributed by atoms with Crippen molar-refractivity contribution >= 4 is 11.4 Å². The minimum atomic E-state index is 0.921. The highest BCUT2D eigenvalue weighted by Crippen LogP contribution is 2.31. The zero-order valence-electron chi connectivity index (χ0n) is 12.1. The molecule has 0 unspecified atom stereocenters. The van der Waals surface area contributed by atoms with Gasteiger partial charge in [-0.2, -0.15) is 0 Å². The summed E-state index contributed by atoms with van der Waals surface area (Å²) in [4.78, 5) is 2.39. The summed E-state index contributed by atoms with van der Waals surface area (Å²) >= 11 is 0. The van der Waals surface area contributed by atoms with E-state index in [4.69, 9.17) is 5.73 Å². The summed E-state index contributed by atoms with van der Waals surface area (Å²) in [5.41, 5.74) is 12.4. The predicted molar refractivity (Wildman–Crippen MR) is 85.8 cm³/mol. The molecule has 0 atom stereocenters. The van der Waals surface area contributed by atoms with E-state index in [1.807, 2.05) is 12.1 Å². The Bertz CT molecular complexity index is 587. The monoisotopic (exact) mass is 266 g/mol. The Labute approximate surface area is 121 Å². The van der Waals surface area contributed by atoms with Crippen LogP contribution in [-0.4, -0.2) is 0 Å². The first kappa shape index (κ1) is 13.0. The van der Waals surface area contributed by atoms with Crippen molar-refractivity contribution in [2.24, 2.45) is 0 Å². The average Bonchev–Trinajstić information content (AvgIpc) is 2.91. The van der Waals surface area contributed by atoms with E-state index < -0.39 is 0 Å². The van der Waals surface area contributed by atoms with Crippen LogP contribution in [0.25, 0.3) is 0 Å². The van der Waals surface area contributed by atoms with Gasteiger partial charge in [0.05, 0.1) is 0 Å². The van der Waals surface area contributed by atoms with E-state index in [2.05, 4.69) is 42.2 Å². The third-order valence-electron chi connectivity index (χ3n) is 4.14. The van der Waals surface area contributed by atoms with Gasteiger partial charge >= 0.3 is 0 Å². The lowest BCUT2D eigenvalue weighted by Gasteiger charge is -2.18. The van der Waals surface area contributed by atoms with E-state index in [-0.39, 0.29) is 0 Å². The normalized spacial score (nSPS) is 13.6. The Morgan fingerprint density at radius 1 is 1.05 bits per heavy atom. The minimum absolute atomic E-state index is 0.921. The lowest BCUT2D eigenvalue weighted by atomic mass is 10.1. The molecule has 20 heavy (non-hydrogen) atoms. The quantitative estimate of drug-likeness (QED) is 0.843. The smallest absolute Gasteiger partial charge is 0.0457 e. The Kier molecular flexibility index (Phi) is 3.64. The molecule has 1 aliphatic rings. The largest absolute Gasteiger partial charge is 0.398 e. The van der Waals surface area contributed by atoms with Gasteiger partial charge in [-0.3, -0.25) is 0 Å². The maximum Gasteiger partial charge on any atom is 0.0457 e. The number of aryl methyl sites for hydroxylation is 1. The second-order valence-corrected chi connectivity index (χ2v) is 5.61. The molecular weight excluding hydrogens is 244 g/mol. The molecule has 0 bridgehead atoms. The Morgan fingerprint density at radius 3 is 2.55 bits per heavy atom. The van der Waals surface area contributed by atoms with Gasteiger partial charge in [0.25, 0.3) is 0 Å². The van der Waals surface area contributed by atoms with Crippen molar-refractivity contribution in [1.29, 1.82) is 0 Å². The van der Waals surface area contributed by atoms with Crippen molar-refractivity contribution < 1.29 is 0 Å². The molecule has 2 heteroatoms. The SMILES string of the molecule is CCCCc1ccc(N2Cc3cccc(N)c3C2)cc1. The van der Waals surface area contributed by atoms with E-state index in [1.54, 1.807) is 0 Å². The second-order valence-electron chi connectivity index (χ2n) is 5.61. The first-order chi connectivity index (χ1) is 9.78. The van der Waals surface area contributed by atoms with Crippen molar-refractivity contribution in [3.63, 3.8) is 0 Å². The summed E-state index contributed by atoms with van der Waals surface area (Å²) < 4.78 is 0. The number of nitrogens with two attached hydrogens (primary N) is 1. The third kappa shape index (κ3) is 2.51. The van der Waals surface area contributed by atoms with Gasteiger partial charge in [0.15, 0.2) is 0 Å². The van der Waals surface area contributed by atoms with Gasteiger partial charge in [-0.1, -0.05) is 37.6 Å². The van der Waals surface area contributed by atoms with Gasteiger partial charge in [0.1, 0.15) is 0 Å². The summed E-state index contributed by atoms with van der Waals surface area (Å²) in [5.74, 6) is 0. The van der Waals surface area contributed by atoms with Crippen LogP contribution in [0.5, 0.6) is 0 Å². The van der Waals surface area contributed by atoms with E-state index in [0.29, 0.717) is 0 Å². The Hall–Kier alpha value is -1.96. The maximum atomic E-state index is 6.06. The lowest BCUT2D eigenvalue weighted by Crippen LogP contribution is -2.14. The Balaban J connectivity index is 1.74. The minimum Gasteiger partial charge on any atom is -0.398 e. The van der Waals surface area contributed by atoms with E-state index >= 15 is 0 Å². The fraction of sp³-hybridized carbons (Fsp3) is 0.333. The molecule has 2 N–H and O–H groups in total. The second kappa shape index (κ2) is 5.58. The molecule has 0 spiro atoms. The average molecular weight is 266 g/mol. The molecule has 1 heterocycles. The van der Waals surface area contributed by atoms with Crippen molar-refractivity contribution in [1.82, 2.24) is 0 Å². The highest BCUT2D eigenvalue weighted by Gasteiger charge is 2.20. The van der Waals surface area contributed by atoms with E-state index in [9.17, 15) is 0 Å². The van der Waals surface area contributed by atoms with Gasteiger partial charge in [-0.05, 0) is 47.7 Å². The van der Waals surface area contributed by atoms with Crippen LogP contribution in [0.2, 0.25) is 0 Å². The highest BCUT2D eigenvalue weighted by atomic mass is 15.1. The molecule has 3 rings (SSSR count). The van der Waals surface area contributed by atoms with Gasteiger partial charge in [0, 0.05) is 24.5 Å². The molecule has 2 nitrogen and oxygen atoms in total. The maximum absolute atomic E-state index is 6.06. The lowest BCUT2D eigenvalue weighted by molar-refractivity contribution is 0.794. The first-order valence-electron chi connectivity index (χ1n) is 7.48. The molecule has 1 aliphatic heterocycles. The molecule has 0 saturated heterocycles. The highest BCUT2D eigenvalue weighted by molar-refractivity contribution is 5.59. The topological polar surface area (TPSA) is 29.3 Å². The van der Waals surface area contributed by atoms with Gasteiger partial charge in [-0.15, -0.1) is 0 Å². The molecule has 2 aromatic carbocycles. The number of anilines is 2. The predicted octanol–water partition coefficient (Wildman–Crippen LogP) is 4.13. The van der Waals surface area contributed by atoms with Crippen LogP contribution >= 0.6 is 0 Å². The van der Waals surface area contributed by atoms with Crippen LogP contribution in [-0.2, 0) is 19.5 Å². The fourth-order valence-corrected chi connectivity index (χ4v) is 2.88. The van der Waals surface area contributed by atoms with Crippen molar-refractivity contribution in [2.45, 2.75) is 39.3 Å². The zero-order valence-corrected chi connectivity index (χ0v) is 12.1. The van der Waals surface area contributed by atoms with Gasteiger partial charge in [0.2, 0.25) is 0 Å². The van der Waals surface area contributed by atoms with Crippen molar-refractivity contribution in [3.05, 3.63) is 59.2 Å². The first-order valence-corrected chi connectivity index (χ1v) is 7.48. The van der Waals surface area contributed by atoms with Gasteiger partial charge in [-0.25, -0.2) is 0 Å². The zero-order chi connectivity index (χ0) is 13.9. The van der Waals surface area contributed by atoms with Crippen molar-refractivity contribution in [3.8, 4) is 0 Å². The number of nitrogen functional groups attached to an aromatic ring is 1. The van der Waals surface area contributed by atoms with Crippen LogP contribution < -0.4 is 10.6 Å². The molecule has 0 aliphatic carbocycles. The summed E-state index contributed by atoms with van der Waals surface area (Å²) in [6.07, 6.45) is 3.71. The van der Waals surface area contributed by atoms with E-state index in [1.165, 1.54) is 41.6 Å². The number of hydrogen-bond donors (Lipinski definition) is 1. The number of benzene rings is 2. The standard InChI is InChI=1S/C18H22N2/c1-2-3-5-14-8-10-16(11-9-14)20-12-15-6-4-7-18(19)17(15)13-20/h4,6-11H,2-3,5,12-13,19H2,1H3. The molecule has 0 amide bonds. The summed E-state index contributed by atoms with van der Waals surface area (Å²) in [6.45, 7) is 4.13. The van der Waals surface area contributed by atoms with Crippen LogP contribution in [0.15, 0.2) is 42.5 Å². The van der Waals surface area contributed by atoms with E-state index in [0.717, 1.165) is 18.8 Å². The number of rotatable bonds is 4. The van der Waals surface area contributed by atoms with Crippen LogP contribution in [0.4, 0.5) is 11.4 Å². The third-order valence-corrected chi connectivity index (χ3v) is 4.14. The molecule has 0 radical (unpaired) electrons. The van der Waals surface area contributed by atoms with Gasteiger partial charge < -0.3 is 10.6 Å². The van der Waals surface area contributed by atoms with Crippen LogP contribution in [0, 0.1) is 0 Å². The fourth-order valence-electron chi connectivity index (χ4n) is 2.88. The summed E-state index contributed by atoms with van der Waals surface area (Å²) in [5, 5.41) is 0. The molecule has 104 valence electrons. The molecule has 2 aromatic rings. The molecule has 0 fully saturated rings. The van der Waals surface area contributed by atoms with Crippen LogP contribution in [0.3, 0.4) is 0 Å². The number of nitrogens with zero attached hydrogens (tertiary/aromatic N) is 1. The molecule has 0 aromatic heterocycles. The Morgan fingerprint density at radius 2 is 1.85 bits per heavy atom. The number of hydrogen-bond acceptors (Lipinski definition) is 2. The van der Waals surface area contributed by atoms with Crippen LogP contribution in [0.1, 0.15) is 36.5 Å². The molecule has 0 saturated carbocycles. The number of unbranched alkanes of at least 4 members (excludes halogenated alkanes) is 1.